The van der Waals surface area contributed by atoms with E-state index in [1.807, 2.05) is 30.4 Å². The third-order valence-corrected chi connectivity index (χ3v) is 7.04. The number of hydrogen-bond donors (Lipinski definition) is 0. The van der Waals surface area contributed by atoms with Crippen molar-refractivity contribution in [3.05, 3.63) is 77.1 Å². The maximum Gasteiger partial charge on any atom is 0.222 e. The maximum absolute atomic E-state index is 12.2. The number of aryl methyl sites for hydroxylation is 1. The molecule has 1 aromatic heterocycles. The van der Waals surface area contributed by atoms with Crippen LogP contribution in [-0.4, -0.2) is 28.9 Å². The molecule has 1 amide bonds. The number of carbonyl (C=O) groups is 1. The van der Waals surface area contributed by atoms with E-state index in [0.717, 1.165) is 30.2 Å². The molecule has 2 aliphatic rings. The summed E-state index contributed by atoms with van der Waals surface area (Å²) in [5.74, 6) is 0.291. The molecule has 1 saturated heterocycles. The molecule has 0 saturated carbocycles. The molecule has 1 unspecified atom stereocenters. The molecule has 2 heterocycles. The Balaban J connectivity index is 1.47. The lowest BCUT2D eigenvalue weighted by Gasteiger charge is -2.50. The van der Waals surface area contributed by atoms with Gasteiger partial charge in [0.25, 0.3) is 0 Å². The number of hydrogen-bond acceptors (Lipinski definition) is 2. The minimum Gasteiger partial charge on any atom is -0.342 e. The first-order valence-corrected chi connectivity index (χ1v) is 10.5. The van der Waals surface area contributed by atoms with E-state index >= 15 is 0 Å². The average Bonchev–Trinajstić information content (AvgIpc) is 2.75. The molecule has 1 fully saturated rings. The van der Waals surface area contributed by atoms with E-state index in [1.165, 1.54) is 22.1 Å². The van der Waals surface area contributed by atoms with Crippen LogP contribution < -0.4 is 0 Å². The van der Waals surface area contributed by atoms with Gasteiger partial charge in [-0.1, -0.05) is 61.5 Å². The standard InChI is InChI=1S/C26H26N2O/c1-26-14-13-25(29)28(2)24(26)12-10-19-15-18(8-11-23(19)26)7-9-21-17-27-16-20-5-3-4-6-22(20)21/h3-9,11,15-17,24H,10,12-14H2,1-2H3/b9-7+/t24?,26-/m1/s1. The Hall–Kier alpha value is -2.94. The second-order valence-corrected chi connectivity index (χ2v) is 8.68. The molecule has 0 N–H and O–H groups in total. The quantitative estimate of drug-likeness (QED) is 0.608. The highest BCUT2D eigenvalue weighted by Crippen LogP contribution is 2.45. The van der Waals surface area contributed by atoms with Crippen LogP contribution in [0, 0.1) is 0 Å². The summed E-state index contributed by atoms with van der Waals surface area (Å²) in [6.45, 7) is 2.34. The largest absolute Gasteiger partial charge is 0.342 e. The fourth-order valence-corrected chi connectivity index (χ4v) is 5.37. The molecule has 5 rings (SSSR count). The average molecular weight is 383 g/mol. The fourth-order valence-electron chi connectivity index (χ4n) is 5.37. The van der Waals surface area contributed by atoms with Crippen LogP contribution in [0.5, 0.6) is 0 Å². The number of amides is 1. The van der Waals surface area contributed by atoms with Crippen LogP contribution in [0.15, 0.2) is 54.9 Å². The highest BCUT2D eigenvalue weighted by atomic mass is 16.2. The number of aromatic nitrogens is 1. The lowest BCUT2D eigenvalue weighted by Crippen LogP contribution is -2.56. The fraction of sp³-hybridized carbons (Fsp3) is 0.308. The highest BCUT2D eigenvalue weighted by Gasteiger charge is 2.46. The molecule has 29 heavy (non-hydrogen) atoms. The van der Waals surface area contributed by atoms with Crippen molar-refractivity contribution in [2.75, 3.05) is 7.05 Å². The van der Waals surface area contributed by atoms with Crippen molar-refractivity contribution in [1.82, 2.24) is 9.88 Å². The van der Waals surface area contributed by atoms with Crippen molar-refractivity contribution < 1.29 is 4.79 Å². The summed E-state index contributed by atoms with van der Waals surface area (Å²) in [7, 11) is 1.98. The second kappa shape index (κ2) is 6.84. The van der Waals surface area contributed by atoms with Gasteiger partial charge in [0.1, 0.15) is 0 Å². The normalized spacial score (nSPS) is 24.0. The summed E-state index contributed by atoms with van der Waals surface area (Å²) in [4.78, 5) is 18.6. The van der Waals surface area contributed by atoms with E-state index in [0.29, 0.717) is 18.4 Å². The number of likely N-dealkylation sites (tertiary alicyclic amines) is 1. The third kappa shape index (κ3) is 2.96. The van der Waals surface area contributed by atoms with Crippen LogP contribution >= 0.6 is 0 Å². The van der Waals surface area contributed by atoms with Crippen LogP contribution in [0.25, 0.3) is 22.9 Å². The van der Waals surface area contributed by atoms with Crippen LogP contribution in [0.1, 0.15) is 48.4 Å². The predicted octanol–water partition coefficient (Wildman–Crippen LogP) is 5.23. The molecular formula is C26H26N2O. The van der Waals surface area contributed by atoms with Gasteiger partial charge in [-0.25, -0.2) is 0 Å². The third-order valence-electron chi connectivity index (χ3n) is 7.04. The summed E-state index contributed by atoms with van der Waals surface area (Å²) in [6.07, 6.45) is 11.9. The van der Waals surface area contributed by atoms with Gasteiger partial charge in [-0.3, -0.25) is 9.78 Å². The topological polar surface area (TPSA) is 33.2 Å². The van der Waals surface area contributed by atoms with Gasteiger partial charge >= 0.3 is 0 Å². The number of likely N-dealkylation sites (N-methyl/N-ethyl adjacent to an activating group) is 1. The lowest BCUT2D eigenvalue weighted by atomic mass is 9.63. The first-order valence-electron chi connectivity index (χ1n) is 10.5. The summed E-state index contributed by atoms with van der Waals surface area (Å²) in [5, 5.41) is 2.39. The number of carbonyl (C=O) groups excluding carboxylic acids is 1. The Bertz CT molecular complexity index is 1130. The Morgan fingerprint density at radius 2 is 1.97 bits per heavy atom. The number of fused-ring (bicyclic) bond motifs is 4. The number of piperidine rings is 1. The van der Waals surface area contributed by atoms with Crippen molar-refractivity contribution in [1.29, 1.82) is 0 Å². The van der Waals surface area contributed by atoms with Gasteiger partial charge in [0.15, 0.2) is 0 Å². The predicted molar refractivity (Wildman–Crippen MR) is 119 cm³/mol. The Morgan fingerprint density at radius 3 is 2.86 bits per heavy atom. The molecule has 1 aliphatic heterocycles. The molecule has 146 valence electrons. The van der Waals surface area contributed by atoms with Crippen LogP contribution in [-0.2, 0) is 16.6 Å². The molecule has 2 aromatic carbocycles. The minimum absolute atomic E-state index is 0.0675. The number of rotatable bonds is 2. The summed E-state index contributed by atoms with van der Waals surface area (Å²) >= 11 is 0. The molecule has 3 nitrogen and oxygen atoms in total. The molecule has 0 bridgehead atoms. The molecule has 0 radical (unpaired) electrons. The van der Waals surface area contributed by atoms with E-state index in [2.05, 4.69) is 60.5 Å². The summed E-state index contributed by atoms with van der Waals surface area (Å²) < 4.78 is 0. The highest BCUT2D eigenvalue weighted by molar-refractivity contribution is 5.92. The molecule has 0 spiro atoms. The summed E-state index contributed by atoms with van der Waals surface area (Å²) in [6, 6.07) is 15.5. The smallest absolute Gasteiger partial charge is 0.222 e. The Morgan fingerprint density at radius 1 is 1.10 bits per heavy atom. The van der Waals surface area contributed by atoms with Crippen molar-refractivity contribution in [2.24, 2.45) is 0 Å². The van der Waals surface area contributed by atoms with Gasteiger partial charge in [0, 0.05) is 48.3 Å². The van der Waals surface area contributed by atoms with Crippen molar-refractivity contribution in [3.63, 3.8) is 0 Å². The Labute approximate surface area is 172 Å². The lowest BCUT2D eigenvalue weighted by molar-refractivity contribution is -0.138. The van der Waals surface area contributed by atoms with Crippen molar-refractivity contribution in [2.45, 2.75) is 44.1 Å². The molecule has 3 aromatic rings. The van der Waals surface area contributed by atoms with E-state index in [1.54, 1.807) is 0 Å². The summed E-state index contributed by atoms with van der Waals surface area (Å²) in [5.41, 5.74) is 5.29. The maximum atomic E-state index is 12.2. The monoisotopic (exact) mass is 382 g/mol. The molecular weight excluding hydrogens is 356 g/mol. The molecule has 3 heteroatoms. The van der Waals surface area contributed by atoms with E-state index in [-0.39, 0.29) is 5.41 Å². The molecule has 1 aliphatic carbocycles. The number of nitrogens with zero attached hydrogens (tertiary/aromatic N) is 2. The Kier molecular flexibility index (Phi) is 4.27. The number of pyridine rings is 1. The van der Waals surface area contributed by atoms with E-state index in [9.17, 15) is 4.79 Å². The van der Waals surface area contributed by atoms with Crippen LogP contribution in [0.2, 0.25) is 0 Å². The van der Waals surface area contributed by atoms with Crippen molar-refractivity contribution >= 4 is 28.8 Å². The van der Waals surface area contributed by atoms with Gasteiger partial charge in [0.05, 0.1) is 0 Å². The van der Waals surface area contributed by atoms with Gasteiger partial charge in [-0.05, 0) is 41.3 Å². The van der Waals surface area contributed by atoms with Gasteiger partial charge in [-0.2, -0.15) is 0 Å². The van der Waals surface area contributed by atoms with Crippen molar-refractivity contribution in [3.8, 4) is 0 Å². The zero-order chi connectivity index (χ0) is 20.0. The van der Waals surface area contributed by atoms with Crippen LogP contribution in [0.3, 0.4) is 0 Å². The first-order chi connectivity index (χ1) is 14.1. The number of benzene rings is 2. The van der Waals surface area contributed by atoms with Gasteiger partial charge in [0.2, 0.25) is 5.91 Å². The van der Waals surface area contributed by atoms with Gasteiger partial charge < -0.3 is 4.90 Å². The SMILES string of the molecule is CN1C(=O)CC[C@]2(C)c3ccc(/C=C/c4cncc5ccccc45)cc3CCC12. The van der Waals surface area contributed by atoms with Gasteiger partial charge in [-0.15, -0.1) is 0 Å². The van der Waals surface area contributed by atoms with E-state index in [4.69, 9.17) is 0 Å². The second-order valence-electron chi connectivity index (χ2n) is 8.68. The van der Waals surface area contributed by atoms with Crippen LogP contribution in [0.4, 0.5) is 0 Å². The zero-order valence-corrected chi connectivity index (χ0v) is 17.1. The minimum atomic E-state index is 0.0675. The molecule has 2 atom stereocenters. The zero-order valence-electron chi connectivity index (χ0n) is 17.1. The van der Waals surface area contributed by atoms with E-state index < -0.39 is 0 Å². The first kappa shape index (κ1) is 18.1.